The average molecular weight is 528 g/mol. The van der Waals surface area contributed by atoms with Gasteiger partial charge in [-0.25, -0.2) is 0 Å². The molecule has 3 saturated heterocycles. The number of carbonyl (C=O) groups excluding carboxylic acids is 1. The zero-order valence-electron chi connectivity index (χ0n) is 20.1. The van der Waals surface area contributed by atoms with E-state index in [1.807, 2.05) is 0 Å². The van der Waals surface area contributed by atoms with E-state index in [0.717, 1.165) is 0 Å². The maximum absolute atomic E-state index is 11.9. The van der Waals surface area contributed by atoms with Crippen molar-refractivity contribution < 1.29 is 69.3 Å². The van der Waals surface area contributed by atoms with Gasteiger partial charge in [-0.3, -0.25) is 4.79 Å². The molecule has 1 amide bonds. The summed E-state index contributed by atoms with van der Waals surface area (Å²) in [7, 11) is 0. The van der Waals surface area contributed by atoms with E-state index in [2.05, 4.69) is 5.32 Å². The lowest BCUT2D eigenvalue weighted by Gasteiger charge is -2.50. The molecule has 15 atom stereocenters. The standard InChI is InChI=1S/C21H37NO14/c1-6-11(22-8(3)25)19(36-20-16(30)14(28)12(26)7(2)33-20)18(10(5-24)32-6)35-21-17(31)15(29)13(27)9(4-23)34-21/h6-7,9-21,23-24,26-31H,4-5H2,1-3H3,(H,22,25)/t6?,7?,9?,10?,11?,12-,13+,14+,15+,16?,17?,18-,19-,20+,21+/m1/s1. The predicted molar refractivity (Wildman–Crippen MR) is 115 cm³/mol. The highest BCUT2D eigenvalue weighted by Crippen LogP contribution is 2.33. The predicted octanol–water partition coefficient (Wildman–Crippen LogP) is -5.33. The summed E-state index contributed by atoms with van der Waals surface area (Å²) in [6.45, 7) is 2.95. The van der Waals surface area contributed by atoms with Crippen LogP contribution in [0.3, 0.4) is 0 Å². The second kappa shape index (κ2) is 12.2. The number of hydrogen-bond acceptors (Lipinski definition) is 14. The topological polar surface area (TPSA) is 237 Å². The summed E-state index contributed by atoms with van der Waals surface area (Å²) in [5.74, 6) is -0.480. The fourth-order valence-electron chi connectivity index (χ4n) is 4.64. The lowest BCUT2D eigenvalue weighted by Crippen LogP contribution is -2.69. The molecular weight excluding hydrogens is 490 g/mol. The molecule has 3 aliphatic heterocycles. The summed E-state index contributed by atoms with van der Waals surface area (Å²) in [6, 6.07) is -0.963. The van der Waals surface area contributed by atoms with E-state index < -0.39 is 111 Å². The largest absolute Gasteiger partial charge is 0.394 e. The van der Waals surface area contributed by atoms with Gasteiger partial charge < -0.3 is 69.9 Å². The fraction of sp³-hybridized carbons (Fsp3) is 0.952. The molecule has 15 nitrogen and oxygen atoms in total. The Kier molecular flexibility index (Phi) is 10.0. The maximum Gasteiger partial charge on any atom is 0.217 e. The van der Waals surface area contributed by atoms with Gasteiger partial charge in [-0.1, -0.05) is 0 Å². The molecule has 0 radical (unpaired) electrons. The van der Waals surface area contributed by atoms with E-state index in [4.69, 9.17) is 23.7 Å². The Labute approximate surface area is 207 Å². The molecule has 7 unspecified atom stereocenters. The van der Waals surface area contributed by atoms with Crippen molar-refractivity contribution in [3.05, 3.63) is 0 Å². The molecule has 210 valence electrons. The summed E-state index contributed by atoms with van der Waals surface area (Å²) in [5.41, 5.74) is 0. The second-order valence-electron chi connectivity index (χ2n) is 9.37. The Balaban J connectivity index is 1.92. The minimum atomic E-state index is -1.78. The van der Waals surface area contributed by atoms with Gasteiger partial charge in [0, 0.05) is 6.92 Å². The lowest BCUT2D eigenvalue weighted by atomic mass is 9.92. The first-order valence-corrected chi connectivity index (χ1v) is 11.8. The van der Waals surface area contributed by atoms with Crippen molar-refractivity contribution in [3.8, 4) is 0 Å². The third-order valence-electron chi connectivity index (χ3n) is 6.73. The number of amides is 1. The molecule has 0 aromatic heterocycles. The Morgan fingerprint density at radius 3 is 1.78 bits per heavy atom. The van der Waals surface area contributed by atoms with Gasteiger partial charge in [0.1, 0.15) is 61.0 Å². The second-order valence-corrected chi connectivity index (χ2v) is 9.37. The number of hydrogen-bond donors (Lipinski definition) is 9. The Hall–Kier alpha value is -1.05. The quantitative estimate of drug-likeness (QED) is 0.150. The lowest BCUT2D eigenvalue weighted by molar-refractivity contribution is -0.360. The molecule has 15 heteroatoms. The van der Waals surface area contributed by atoms with E-state index in [-0.39, 0.29) is 0 Å². The molecule has 3 heterocycles. The van der Waals surface area contributed by atoms with Gasteiger partial charge in [0.2, 0.25) is 5.91 Å². The van der Waals surface area contributed by atoms with Crippen molar-refractivity contribution in [1.29, 1.82) is 0 Å². The molecule has 0 aliphatic carbocycles. The van der Waals surface area contributed by atoms with Gasteiger partial charge in [-0.2, -0.15) is 0 Å². The van der Waals surface area contributed by atoms with E-state index in [9.17, 15) is 45.6 Å². The number of rotatable bonds is 7. The minimum Gasteiger partial charge on any atom is -0.394 e. The number of nitrogens with one attached hydrogen (secondary N) is 1. The average Bonchev–Trinajstić information content (AvgIpc) is 2.84. The highest BCUT2D eigenvalue weighted by atomic mass is 16.7. The molecule has 0 saturated carbocycles. The van der Waals surface area contributed by atoms with Crippen LogP contribution >= 0.6 is 0 Å². The molecule has 3 aliphatic rings. The van der Waals surface area contributed by atoms with E-state index in [1.165, 1.54) is 13.8 Å². The maximum atomic E-state index is 11.9. The smallest absolute Gasteiger partial charge is 0.217 e. The zero-order valence-corrected chi connectivity index (χ0v) is 20.1. The first-order valence-electron chi connectivity index (χ1n) is 11.8. The van der Waals surface area contributed by atoms with Crippen molar-refractivity contribution in [1.82, 2.24) is 5.32 Å². The van der Waals surface area contributed by atoms with Crippen LogP contribution in [0, 0.1) is 0 Å². The first kappa shape index (κ1) is 29.5. The SMILES string of the molecule is CC(=O)NC1C(C)OC(CO)[C@@H](O[C@@H]2OC(CO)[C@H](O)[C@H](O)C2O)[C@@H]1O[C@@H]1OC(C)[C@@H](O)[C@H](O)C1O. The van der Waals surface area contributed by atoms with Gasteiger partial charge in [0.05, 0.1) is 31.5 Å². The van der Waals surface area contributed by atoms with Crippen molar-refractivity contribution >= 4 is 5.91 Å². The third kappa shape index (κ3) is 5.99. The van der Waals surface area contributed by atoms with Crippen LogP contribution in [0.2, 0.25) is 0 Å². The summed E-state index contributed by atoms with van der Waals surface area (Å²) in [5, 5.41) is 83.4. The van der Waals surface area contributed by atoms with E-state index in [1.54, 1.807) is 6.92 Å². The third-order valence-corrected chi connectivity index (χ3v) is 6.73. The summed E-state index contributed by atoms with van der Waals surface area (Å²) < 4.78 is 28.5. The molecule has 3 rings (SSSR count). The summed E-state index contributed by atoms with van der Waals surface area (Å²) in [4.78, 5) is 11.9. The monoisotopic (exact) mass is 527 g/mol. The molecule has 0 aromatic carbocycles. The van der Waals surface area contributed by atoms with Crippen LogP contribution in [0.15, 0.2) is 0 Å². The number of aliphatic hydroxyl groups excluding tert-OH is 8. The highest BCUT2D eigenvalue weighted by molar-refractivity contribution is 5.73. The van der Waals surface area contributed by atoms with Crippen molar-refractivity contribution in [2.75, 3.05) is 13.2 Å². The van der Waals surface area contributed by atoms with Crippen molar-refractivity contribution in [2.24, 2.45) is 0 Å². The number of carbonyl (C=O) groups is 1. The summed E-state index contributed by atoms with van der Waals surface area (Å²) >= 11 is 0. The Morgan fingerprint density at radius 2 is 1.22 bits per heavy atom. The van der Waals surface area contributed by atoms with Crippen LogP contribution in [0.4, 0.5) is 0 Å². The van der Waals surface area contributed by atoms with E-state index in [0.29, 0.717) is 0 Å². The number of ether oxygens (including phenoxy) is 5. The molecule has 9 N–H and O–H groups in total. The van der Waals surface area contributed by atoms with Gasteiger partial charge in [0.25, 0.3) is 0 Å². The van der Waals surface area contributed by atoms with Gasteiger partial charge in [0.15, 0.2) is 12.6 Å². The Bertz CT molecular complexity index is 729. The molecule has 0 spiro atoms. The highest BCUT2D eigenvalue weighted by Gasteiger charge is 2.53. The van der Waals surface area contributed by atoms with Gasteiger partial charge in [-0.15, -0.1) is 0 Å². The zero-order chi connectivity index (χ0) is 26.9. The van der Waals surface area contributed by atoms with Crippen molar-refractivity contribution in [2.45, 2.75) is 113 Å². The molecule has 0 aromatic rings. The molecule has 0 bridgehead atoms. The van der Waals surface area contributed by atoms with Crippen LogP contribution in [-0.4, -0.2) is 152 Å². The van der Waals surface area contributed by atoms with Crippen LogP contribution < -0.4 is 5.32 Å². The van der Waals surface area contributed by atoms with Crippen molar-refractivity contribution in [3.63, 3.8) is 0 Å². The minimum absolute atomic E-state index is 0.480. The molecule has 3 fully saturated rings. The normalized spacial score (nSPS) is 50.0. The number of aliphatic hydroxyl groups is 8. The molecular formula is C21H37NO14. The van der Waals surface area contributed by atoms with Crippen LogP contribution in [0.25, 0.3) is 0 Å². The van der Waals surface area contributed by atoms with Gasteiger partial charge in [-0.05, 0) is 13.8 Å². The van der Waals surface area contributed by atoms with Crippen LogP contribution in [0.5, 0.6) is 0 Å². The fourth-order valence-corrected chi connectivity index (χ4v) is 4.64. The van der Waals surface area contributed by atoms with Crippen LogP contribution in [0.1, 0.15) is 20.8 Å². The molecule has 36 heavy (non-hydrogen) atoms. The van der Waals surface area contributed by atoms with E-state index >= 15 is 0 Å². The van der Waals surface area contributed by atoms with Gasteiger partial charge >= 0.3 is 0 Å². The summed E-state index contributed by atoms with van der Waals surface area (Å²) in [6.07, 6.45) is -19.7. The van der Waals surface area contributed by atoms with Crippen LogP contribution in [-0.2, 0) is 28.5 Å². The Morgan fingerprint density at radius 1 is 0.694 bits per heavy atom. The first-order chi connectivity index (χ1) is 16.9.